The zero-order valence-electron chi connectivity index (χ0n) is 11.0. The van der Waals surface area contributed by atoms with Gasteiger partial charge in [-0.2, -0.15) is 11.1 Å². The quantitative estimate of drug-likeness (QED) is 0.550. The summed E-state index contributed by atoms with van der Waals surface area (Å²) in [5.41, 5.74) is 1.72. The first-order chi connectivity index (χ1) is 7.23. The summed E-state index contributed by atoms with van der Waals surface area (Å²) in [5.74, 6) is 0. The third kappa shape index (κ3) is 3.64. The second-order valence-electron chi connectivity index (χ2n) is 6.32. The highest BCUT2D eigenvalue weighted by atomic mass is 35.6. The molecule has 1 atom stereocenters. The van der Waals surface area contributed by atoms with Gasteiger partial charge in [0.05, 0.1) is 0 Å². The van der Waals surface area contributed by atoms with Crippen molar-refractivity contribution < 1.29 is 0 Å². The van der Waals surface area contributed by atoms with Crippen LogP contribution in [0.2, 0.25) is 6.04 Å². The zero-order chi connectivity index (χ0) is 12.4. The van der Waals surface area contributed by atoms with E-state index in [9.17, 15) is 0 Å². The van der Waals surface area contributed by atoms with Gasteiger partial charge >= 0.3 is 0 Å². The third-order valence-corrected chi connectivity index (χ3v) is 8.67. The molecule has 0 aromatic heterocycles. The van der Waals surface area contributed by atoms with E-state index in [1.165, 1.54) is 5.56 Å². The van der Waals surface area contributed by atoms with Crippen LogP contribution in [0.1, 0.15) is 40.2 Å². The smallest absolute Gasteiger partial charge is 0.151 e. The van der Waals surface area contributed by atoms with Gasteiger partial charge in [0.15, 0.2) is 8.11 Å². The first-order valence-corrected chi connectivity index (χ1v) is 9.07. The van der Waals surface area contributed by atoms with E-state index in [4.69, 9.17) is 11.1 Å². The lowest BCUT2D eigenvalue weighted by molar-refractivity contribution is 0.460. The van der Waals surface area contributed by atoms with Gasteiger partial charge in [-0.1, -0.05) is 65.0 Å². The lowest BCUT2D eigenvalue weighted by Gasteiger charge is -2.33. The normalized spacial score (nSPS) is 14.9. The van der Waals surface area contributed by atoms with E-state index in [2.05, 4.69) is 65.0 Å². The van der Waals surface area contributed by atoms with Crippen LogP contribution >= 0.6 is 11.1 Å². The molecule has 16 heavy (non-hydrogen) atoms. The molecule has 0 bridgehead atoms. The van der Waals surface area contributed by atoms with Gasteiger partial charge in [-0.15, -0.1) is 0 Å². The van der Waals surface area contributed by atoms with Crippen molar-refractivity contribution in [2.24, 2.45) is 5.41 Å². The molecule has 1 aromatic carbocycles. The Balaban J connectivity index is 2.86. The highest BCUT2D eigenvalue weighted by Gasteiger charge is 2.34. The minimum Gasteiger partial charge on any atom is -0.171 e. The van der Waals surface area contributed by atoms with Crippen LogP contribution in [0.25, 0.3) is 0 Å². The average Bonchev–Trinajstić information content (AvgIpc) is 2.16. The predicted octanol–water partition coefficient (Wildman–Crippen LogP) is 4.51. The summed E-state index contributed by atoms with van der Waals surface area (Å²) in [6, 6.07) is 11.8. The fourth-order valence-electron chi connectivity index (χ4n) is 1.84. The van der Waals surface area contributed by atoms with E-state index in [-0.39, 0.29) is 5.04 Å². The molecule has 0 radical (unpaired) electrons. The van der Waals surface area contributed by atoms with Crippen molar-refractivity contribution in [3.05, 3.63) is 35.9 Å². The van der Waals surface area contributed by atoms with Crippen molar-refractivity contribution in [3.63, 3.8) is 0 Å². The molecular weight excluding hydrogens is 232 g/mol. The maximum Gasteiger partial charge on any atom is 0.151 e. The van der Waals surface area contributed by atoms with Gasteiger partial charge in [0.1, 0.15) is 0 Å². The van der Waals surface area contributed by atoms with E-state index in [1.54, 1.807) is 0 Å². The van der Waals surface area contributed by atoms with Crippen LogP contribution in [0.15, 0.2) is 30.3 Å². The molecule has 1 unspecified atom stereocenters. The Hall–Kier alpha value is -0.273. The standard InChI is InChI=1S/C14H23ClSi/c1-13(2,3)11-16(15)14(4,5)12-9-7-6-8-10-12/h6-10,16H,11H2,1-5H3. The highest BCUT2D eigenvalue weighted by molar-refractivity contribution is 7.08. The maximum atomic E-state index is 6.73. The van der Waals surface area contributed by atoms with Gasteiger partial charge in [-0.25, -0.2) is 0 Å². The fraction of sp³-hybridized carbons (Fsp3) is 0.571. The van der Waals surface area contributed by atoms with Gasteiger partial charge in [-0.05, 0) is 22.1 Å². The SMILES string of the molecule is CC(C)(C)C[SiH](Cl)C(C)(C)c1ccccc1. The lowest BCUT2D eigenvalue weighted by Crippen LogP contribution is -2.36. The van der Waals surface area contributed by atoms with E-state index < -0.39 is 8.11 Å². The first-order valence-electron chi connectivity index (χ1n) is 5.93. The van der Waals surface area contributed by atoms with Gasteiger partial charge < -0.3 is 0 Å². The Bertz CT molecular complexity index is 324. The summed E-state index contributed by atoms with van der Waals surface area (Å²) in [5, 5.41) is 0.163. The Morgan fingerprint density at radius 2 is 1.50 bits per heavy atom. The second-order valence-corrected chi connectivity index (χ2v) is 10.7. The molecule has 1 aromatic rings. The summed E-state index contributed by atoms with van der Waals surface area (Å²) in [7, 11) is -1.29. The fourth-order valence-corrected chi connectivity index (χ4v) is 5.75. The molecule has 1 rings (SSSR count). The maximum absolute atomic E-state index is 6.73. The van der Waals surface area contributed by atoms with Crippen molar-refractivity contribution in [2.45, 2.75) is 45.7 Å². The average molecular weight is 255 g/mol. The van der Waals surface area contributed by atoms with Crippen LogP contribution in [0.3, 0.4) is 0 Å². The number of hydrogen-bond acceptors (Lipinski definition) is 0. The van der Waals surface area contributed by atoms with Gasteiger partial charge in [-0.3, -0.25) is 0 Å². The molecule has 0 nitrogen and oxygen atoms in total. The van der Waals surface area contributed by atoms with Crippen molar-refractivity contribution in [1.82, 2.24) is 0 Å². The third-order valence-electron chi connectivity index (χ3n) is 3.09. The highest BCUT2D eigenvalue weighted by Crippen LogP contribution is 2.35. The van der Waals surface area contributed by atoms with E-state index >= 15 is 0 Å². The number of benzene rings is 1. The Labute approximate surface area is 106 Å². The van der Waals surface area contributed by atoms with Crippen molar-refractivity contribution >= 4 is 19.2 Å². The minimum absolute atomic E-state index is 0.163. The van der Waals surface area contributed by atoms with Crippen LogP contribution in [-0.2, 0) is 5.04 Å². The molecule has 0 aliphatic rings. The van der Waals surface area contributed by atoms with Crippen molar-refractivity contribution in [1.29, 1.82) is 0 Å². The van der Waals surface area contributed by atoms with Crippen molar-refractivity contribution in [3.8, 4) is 0 Å². The van der Waals surface area contributed by atoms with Gasteiger partial charge in [0, 0.05) is 0 Å². The van der Waals surface area contributed by atoms with Crippen LogP contribution < -0.4 is 0 Å². The zero-order valence-corrected chi connectivity index (χ0v) is 13.0. The predicted molar refractivity (Wildman–Crippen MR) is 76.7 cm³/mol. The molecule has 0 heterocycles. The van der Waals surface area contributed by atoms with Crippen LogP contribution in [0.4, 0.5) is 0 Å². The van der Waals surface area contributed by atoms with Gasteiger partial charge in [0.2, 0.25) is 0 Å². The number of rotatable bonds is 3. The van der Waals surface area contributed by atoms with E-state index in [0.717, 1.165) is 6.04 Å². The lowest BCUT2D eigenvalue weighted by atomic mass is 10.0. The summed E-state index contributed by atoms with van der Waals surface area (Å²) in [4.78, 5) is 0. The van der Waals surface area contributed by atoms with Crippen LogP contribution in [-0.4, -0.2) is 8.11 Å². The molecule has 0 amide bonds. The minimum atomic E-state index is -1.29. The topological polar surface area (TPSA) is 0 Å². The van der Waals surface area contributed by atoms with Gasteiger partial charge in [0.25, 0.3) is 0 Å². The molecule has 0 aliphatic carbocycles. The first kappa shape index (κ1) is 13.8. The summed E-state index contributed by atoms with van der Waals surface area (Å²) in [6.45, 7) is 11.4. The Morgan fingerprint density at radius 3 is 1.94 bits per heavy atom. The Morgan fingerprint density at radius 1 is 1.00 bits per heavy atom. The summed E-state index contributed by atoms with van der Waals surface area (Å²) < 4.78 is 0. The van der Waals surface area contributed by atoms with E-state index in [1.807, 2.05) is 0 Å². The van der Waals surface area contributed by atoms with Crippen LogP contribution in [0, 0.1) is 5.41 Å². The molecule has 0 saturated carbocycles. The largest absolute Gasteiger partial charge is 0.171 e. The molecule has 2 heteroatoms. The molecule has 0 saturated heterocycles. The van der Waals surface area contributed by atoms with Crippen molar-refractivity contribution in [2.75, 3.05) is 0 Å². The number of hydrogen-bond donors (Lipinski definition) is 0. The Kier molecular flexibility index (Phi) is 4.25. The monoisotopic (exact) mass is 254 g/mol. The summed E-state index contributed by atoms with van der Waals surface area (Å²) >= 11 is 6.73. The molecule has 0 fully saturated rings. The second kappa shape index (κ2) is 4.93. The molecule has 0 spiro atoms. The summed E-state index contributed by atoms with van der Waals surface area (Å²) in [6.07, 6.45) is 0. The van der Waals surface area contributed by atoms with Crippen LogP contribution in [0.5, 0.6) is 0 Å². The number of halogens is 1. The molecule has 0 aliphatic heterocycles. The molecular formula is C14H23ClSi. The van der Waals surface area contributed by atoms with E-state index in [0.29, 0.717) is 5.41 Å². The molecule has 0 N–H and O–H groups in total. The molecule has 90 valence electrons.